The number of hydrogen-bond acceptors (Lipinski definition) is 3. The third-order valence-electron chi connectivity index (χ3n) is 2.55. The average Bonchev–Trinajstić information content (AvgIpc) is 2.36. The molecule has 4 nitrogen and oxygen atoms in total. The van der Waals surface area contributed by atoms with Gasteiger partial charge in [-0.15, -0.1) is 13.2 Å². The van der Waals surface area contributed by atoms with Crippen molar-refractivity contribution < 1.29 is 22.7 Å². The van der Waals surface area contributed by atoms with Crippen LogP contribution >= 0.6 is 15.9 Å². The summed E-state index contributed by atoms with van der Waals surface area (Å²) in [7, 11) is 3.37. The van der Waals surface area contributed by atoms with Gasteiger partial charge >= 0.3 is 6.36 Å². The van der Waals surface area contributed by atoms with E-state index in [4.69, 9.17) is 0 Å². The molecule has 0 saturated heterocycles. The largest absolute Gasteiger partial charge is 0.573 e. The molecule has 21 heavy (non-hydrogen) atoms. The van der Waals surface area contributed by atoms with Gasteiger partial charge in [-0.05, 0) is 40.5 Å². The molecule has 1 amide bonds. The number of amides is 1. The minimum absolute atomic E-state index is 0.0342. The fourth-order valence-corrected chi connectivity index (χ4v) is 1.97. The first kappa shape index (κ1) is 17.6. The molecule has 0 saturated carbocycles. The van der Waals surface area contributed by atoms with Crippen LogP contribution in [-0.2, 0) is 4.79 Å². The maximum Gasteiger partial charge on any atom is 0.573 e. The summed E-state index contributed by atoms with van der Waals surface area (Å²) in [5, 5.41) is 3.03. The number of benzene rings is 1. The van der Waals surface area contributed by atoms with Crippen molar-refractivity contribution in [3.63, 3.8) is 0 Å². The number of anilines is 1. The zero-order valence-corrected chi connectivity index (χ0v) is 13.2. The molecule has 1 aromatic rings. The van der Waals surface area contributed by atoms with Gasteiger partial charge in [-0.3, -0.25) is 4.79 Å². The molecule has 0 unspecified atom stereocenters. The maximum atomic E-state index is 12.1. The molecule has 0 spiro atoms. The summed E-state index contributed by atoms with van der Waals surface area (Å²) in [4.78, 5) is 12.9. The van der Waals surface area contributed by atoms with Crippen molar-refractivity contribution in [3.05, 3.63) is 22.7 Å². The van der Waals surface area contributed by atoms with Crippen molar-refractivity contribution in [1.29, 1.82) is 0 Å². The molecule has 0 fully saturated rings. The maximum absolute atomic E-state index is 12.1. The van der Waals surface area contributed by atoms with E-state index in [1.165, 1.54) is 23.1 Å². The van der Waals surface area contributed by atoms with E-state index in [0.717, 1.165) is 0 Å². The highest BCUT2D eigenvalue weighted by atomic mass is 79.9. The van der Waals surface area contributed by atoms with Crippen molar-refractivity contribution in [2.75, 3.05) is 26.0 Å². The molecule has 1 rings (SSSR count). The second-order valence-electron chi connectivity index (χ2n) is 4.51. The lowest BCUT2D eigenvalue weighted by atomic mass is 10.2. The van der Waals surface area contributed by atoms with Crippen molar-refractivity contribution in [2.24, 2.45) is 0 Å². The zero-order valence-electron chi connectivity index (χ0n) is 11.6. The van der Waals surface area contributed by atoms with E-state index < -0.39 is 6.36 Å². The summed E-state index contributed by atoms with van der Waals surface area (Å²) in [6.45, 7) is 0.547. The lowest BCUT2D eigenvalue weighted by Gasteiger charge is -2.13. The molecule has 1 aromatic carbocycles. The van der Waals surface area contributed by atoms with Crippen molar-refractivity contribution in [2.45, 2.75) is 19.2 Å². The van der Waals surface area contributed by atoms with Gasteiger partial charge in [0.25, 0.3) is 0 Å². The van der Waals surface area contributed by atoms with E-state index in [-0.39, 0.29) is 16.1 Å². The van der Waals surface area contributed by atoms with Gasteiger partial charge in [0.15, 0.2) is 0 Å². The number of carbonyl (C=O) groups is 1. The normalized spacial score (nSPS) is 11.1. The van der Waals surface area contributed by atoms with Gasteiger partial charge in [0.05, 0.1) is 4.47 Å². The lowest BCUT2D eigenvalue weighted by molar-refractivity contribution is -0.274. The van der Waals surface area contributed by atoms with Crippen LogP contribution in [0.25, 0.3) is 0 Å². The van der Waals surface area contributed by atoms with Crippen LogP contribution in [0.4, 0.5) is 18.9 Å². The highest BCUT2D eigenvalue weighted by molar-refractivity contribution is 9.10. The number of nitrogens with one attached hydrogen (secondary N) is 1. The van der Waals surface area contributed by atoms with Crippen LogP contribution in [0.15, 0.2) is 22.7 Å². The Labute approximate surface area is 129 Å². The van der Waals surface area contributed by atoms with Gasteiger partial charge in [-0.1, -0.05) is 0 Å². The summed E-state index contributed by atoms with van der Waals surface area (Å²) >= 11 is 3.03. The molecule has 0 radical (unpaired) electrons. The lowest BCUT2D eigenvalue weighted by Crippen LogP contribution is -2.22. The first-order valence-corrected chi connectivity index (χ1v) is 6.97. The zero-order chi connectivity index (χ0) is 16.0. The Morgan fingerprint density at radius 3 is 2.57 bits per heavy atom. The molecule has 0 atom stereocenters. The SMILES string of the molecule is CN(C)C(=O)CCCNc1ccc(OC(F)(F)F)c(Br)c1. The highest BCUT2D eigenvalue weighted by Crippen LogP contribution is 2.32. The van der Waals surface area contributed by atoms with E-state index >= 15 is 0 Å². The highest BCUT2D eigenvalue weighted by Gasteiger charge is 2.31. The summed E-state index contributed by atoms with van der Waals surface area (Å²) in [5.41, 5.74) is 0.647. The minimum Gasteiger partial charge on any atom is -0.405 e. The molecule has 0 heterocycles. The first-order valence-electron chi connectivity index (χ1n) is 6.18. The number of alkyl halides is 3. The molecular formula is C13H16BrF3N2O2. The fourth-order valence-electron chi connectivity index (χ4n) is 1.51. The van der Waals surface area contributed by atoms with E-state index in [1.54, 1.807) is 14.1 Å². The van der Waals surface area contributed by atoms with Crippen LogP contribution in [0.1, 0.15) is 12.8 Å². The molecule has 1 N–H and O–H groups in total. The minimum atomic E-state index is -4.72. The Kier molecular flexibility index (Phi) is 6.32. The Hall–Kier alpha value is -1.44. The first-order chi connectivity index (χ1) is 9.69. The van der Waals surface area contributed by atoms with E-state index in [9.17, 15) is 18.0 Å². The smallest absolute Gasteiger partial charge is 0.405 e. The Bertz CT molecular complexity index is 493. The summed E-state index contributed by atoms with van der Waals surface area (Å²) in [6, 6.07) is 4.21. The van der Waals surface area contributed by atoms with Gasteiger partial charge in [0, 0.05) is 32.7 Å². The van der Waals surface area contributed by atoms with Crippen LogP contribution in [0.2, 0.25) is 0 Å². The molecule has 0 aromatic heterocycles. The van der Waals surface area contributed by atoms with E-state index in [2.05, 4.69) is 26.0 Å². The van der Waals surface area contributed by atoms with Crippen LogP contribution in [0.3, 0.4) is 0 Å². The number of nitrogens with zero attached hydrogens (tertiary/aromatic N) is 1. The van der Waals surface area contributed by atoms with E-state index in [1.807, 2.05) is 0 Å². The predicted molar refractivity (Wildman–Crippen MR) is 77.2 cm³/mol. The van der Waals surface area contributed by atoms with Crippen LogP contribution in [0, 0.1) is 0 Å². The molecule has 0 aliphatic heterocycles. The van der Waals surface area contributed by atoms with Gasteiger partial charge in [-0.2, -0.15) is 0 Å². The predicted octanol–water partition coefficient (Wildman–Crippen LogP) is 3.63. The standard InChI is InChI=1S/C13H16BrF3N2O2/c1-19(2)12(20)4-3-7-18-9-5-6-11(10(14)8-9)21-13(15,16)17/h5-6,8,18H,3-4,7H2,1-2H3. The van der Waals surface area contributed by atoms with Gasteiger partial charge in [-0.25, -0.2) is 0 Å². The number of halogens is 4. The summed E-state index contributed by atoms with van der Waals surface area (Å²) in [6.07, 6.45) is -3.67. The van der Waals surface area contributed by atoms with Gasteiger partial charge in [0.1, 0.15) is 5.75 Å². The fraction of sp³-hybridized carbons (Fsp3) is 0.462. The van der Waals surface area contributed by atoms with E-state index in [0.29, 0.717) is 25.1 Å². The van der Waals surface area contributed by atoms with Crippen molar-refractivity contribution in [3.8, 4) is 5.75 Å². The quantitative estimate of drug-likeness (QED) is 0.779. The molecule has 8 heteroatoms. The third-order valence-corrected chi connectivity index (χ3v) is 3.17. The Morgan fingerprint density at radius 2 is 2.05 bits per heavy atom. The van der Waals surface area contributed by atoms with Gasteiger partial charge < -0.3 is 15.0 Å². The summed E-state index contributed by atoms with van der Waals surface area (Å²) < 4.78 is 40.4. The molecule has 118 valence electrons. The van der Waals surface area contributed by atoms with Crippen LogP contribution in [0.5, 0.6) is 5.75 Å². The summed E-state index contributed by atoms with van der Waals surface area (Å²) in [5.74, 6) is -0.261. The van der Waals surface area contributed by atoms with Crippen molar-refractivity contribution >= 4 is 27.5 Å². The molecular weight excluding hydrogens is 353 g/mol. The number of carbonyl (C=O) groups excluding carboxylic acids is 1. The average molecular weight is 369 g/mol. The topological polar surface area (TPSA) is 41.6 Å². The number of ether oxygens (including phenoxy) is 1. The Morgan fingerprint density at radius 1 is 1.38 bits per heavy atom. The molecule has 0 bridgehead atoms. The van der Waals surface area contributed by atoms with Crippen LogP contribution < -0.4 is 10.1 Å². The van der Waals surface area contributed by atoms with Gasteiger partial charge in [0.2, 0.25) is 5.91 Å². The monoisotopic (exact) mass is 368 g/mol. The second kappa shape index (κ2) is 7.53. The molecule has 0 aliphatic carbocycles. The van der Waals surface area contributed by atoms with Crippen LogP contribution in [-0.4, -0.2) is 37.8 Å². The molecule has 0 aliphatic rings. The third kappa shape index (κ3) is 6.70. The van der Waals surface area contributed by atoms with Crippen molar-refractivity contribution in [1.82, 2.24) is 4.90 Å². The second-order valence-corrected chi connectivity index (χ2v) is 5.37. The Balaban J connectivity index is 2.47. The number of rotatable bonds is 6. The number of hydrogen-bond donors (Lipinski definition) is 1.